The first kappa shape index (κ1) is 12.7. The number of carbonyl (C=O) groups is 1. The van der Waals surface area contributed by atoms with E-state index in [4.69, 9.17) is 5.73 Å². The van der Waals surface area contributed by atoms with Crippen LogP contribution in [-0.2, 0) is 6.54 Å². The van der Waals surface area contributed by atoms with Crippen LogP contribution >= 0.6 is 11.3 Å². The van der Waals surface area contributed by atoms with E-state index < -0.39 is 0 Å². The maximum atomic E-state index is 12.0. The van der Waals surface area contributed by atoms with Gasteiger partial charge in [0.15, 0.2) is 0 Å². The van der Waals surface area contributed by atoms with E-state index in [0.717, 1.165) is 11.1 Å². The summed E-state index contributed by atoms with van der Waals surface area (Å²) in [6, 6.07) is 5.58. The van der Waals surface area contributed by atoms with E-state index in [1.54, 1.807) is 6.07 Å². The predicted molar refractivity (Wildman–Crippen MR) is 71.7 cm³/mol. The van der Waals surface area contributed by atoms with E-state index in [-0.39, 0.29) is 5.91 Å². The van der Waals surface area contributed by atoms with Gasteiger partial charge in [0.1, 0.15) is 5.01 Å². The summed E-state index contributed by atoms with van der Waals surface area (Å²) in [5.41, 5.74) is 8.30. The fourth-order valence-corrected chi connectivity index (χ4v) is 2.05. The standard InChI is InChI=1S/C12H14N4OS/c1-7-3-4-9(5-8(7)2)11(17)14-12-16-15-10(6-13)18-12/h3-5H,6,13H2,1-2H3,(H,14,16,17). The number of anilines is 1. The van der Waals surface area contributed by atoms with Crippen LogP contribution in [0.1, 0.15) is 26.5 Å². The minimum atomic E-state index is -0.183. The molecule has 0 saturated carbocycles. The highest BCUT2D eigenvalue weighted by molar-refractivity contribution is 7.15. The lowest BCUT2D eigenvalue weighted by atomic mass is 10.1. The Hall–Kier alpha value is -1.79. The van der Waals surface area contributed by atoms with Crippen molar-refractivity contribution in [1.82, 2.24) is 10.2 Å². The van der Waals surface area contributed by atoms with E-state index in [1.165, 1.54) is 11.3 Å². The van der Waals surface area contributed by atoms with Crippen LogP contribution in [0.2, 0.25) is 0 Å². The molecule has 0 bridgehead atoms. The molecule has 2 aromatic rings. The average molecular weight is 262 g/mol. The Morgan fingerprint density at radius 1 is 1.33 bits per heavy atom. The Morgan fingerprint density at radius 2 is 2.11 bits per heavy atom. The summed E-state index contributed by atoms with van der Waals surface area (Å²) in [5, 5.41) is 11.6. The average Bonchev–Trinajstić information content (AvgIpc) is 2.80. The van der Waals surface area contributed by atoms with E-state index in [0.29, 0.717) is 22.2 Å². The molecule has 6 heteroatoms. The SMILES string of the molecule is Cc1ccc(C(=O)Nc2nnc(CN)s2)cc1C. The second kappa shape index (κ2) is 5.24. The molecule has 0 radical (unpaired) electrons. The van der Waals surface area contributed by atoms with Crippen molar-refractivity contribution >= 4 is 22.4 Å². The molecular weight excluding hydrogens is 248 g/mol. The number of aromatic nitrogens is 2. The molecule has 1 aromatic carbocycles. The van der Waals surface area contributed by atoms with Crippen molar-refractivity contribution in [3.05, 3.63) is 39.9 Å². The summed E-state index contributed by atoms with van der Waals surface area (Å²) in [5.74, 6) is -0.183. The van der Waals surface area contributed by atoms with Crippen LogP contribution in [0.4, 0.5) is 5.13 Å². The van der Waals surface area contributed by atoms with Crippen LogP contribution < -0.4 is 11.1 Å². The number of nitrogens with zero attached hydrogens (tertiary/aromatic N) is 2. The number of nitrogens with two attached hydrogens (primary N) is 1. The minimum Gasteiger partial charge on any atom is -0.324 e. The fourth-order valence-electron chi connectivity index (χ4n) is 1.44. The molecule has 0 atom stereocenters. The van der Waals surface area contributed by atoms with Crippen molar-refractivity contribution in [2.24, 2.45) is 5.73 Å². The summed E-state index contributed by atoms with van der Waals surface area (Å²) in [4.78, 5) is 12.0. The van der Waals surface area contributed by atoms with Gasteiger partial charge < -0.3 is 5.73 Å². The molecule has 5 nitrogen and oxygen atoms in total. The van der Waals surface area contributed by atoms with Gasteiger partial charge in [-0.2, -0.15) is 0 Å². The molecule has 0 aliphatic heterocycles. The topological polar surface area (TPSA) is 80.9 Å². The Labute approximate surface area is 109 Å². The zero-order valence-electron chi connectivity index (χ0n) is 10.2. The lowest BCUT2D eigenvalue weighted by Crippen LogP contribution is -2.12. The number of hydrogen-bond donors (Lipinski definition) is 2. The molecule has 0 unspecified atom stereocenters. The van der Waals surface area contributed by atoms with Gasteiger partial charge in [-0.1, -0.05) is 17.4 Å². The summed E-state index contributed by atoms with van der Waals surface area (Å²) < 4.78 is 0. The molecule has 0 aliphatic rings. The molecule has 0 saturated heterocycles. The number of benzene rings is 1. The first-order valence-electron chi connectivity index (χ1n) is 5.51. The summed E-state index contributed by atoms with van der Waals surface area (Å²) >= 11 is 1.28. The molecule has 3 N–H and O–H groups in total. The monoisotopic (exact) mass is 262 g/mol. The maximum absolute atomic E-state index is 12.0. The van der Waals surface area contributed by atoms with Gasteiger partial charge in [-0.05, 0) is 37.1 Å². The van der Waals surface area contributed by atoms with Crippen LogP contribution in [-0.4, -0.2) is 16.1 Å². The highest BCUT2D eigenvalue weighted by atomic mass is 32.1. The Bertz CT molecular complexity index is 579. The molecule has 1 heterocycles. The van der Waals surface area contributed by atoms with Gasteiger partial charge in [0, 0.05) is 12.1 Å². The van der Waals surface area contributed by atoms with Gasteiger partial charge >= 0.3 is 0 Å². The molecule has 0 fully saturated rings. The number of rotatable bonds is 3. The van der Waals surface area contributed by atoms with Crippen molar-refractivity contribution in [1.29, 1.82) is 0 Å². The van der Waals surface area contributed by atoms with Gasteiger partial charge in [-0.15, -0.1) is 10.2 Å². The highest BCUT2D eigenvalue weighted by Gasteiger charge is 2.10. The minimum absolute atomic E-state index is 0.183. The zero-order valence-corrected chi connectivity index (χ0v) is 11.0. The Kier molecular flexibility index (Phi) is 3.69. The molecule has 1 aromatic heterocycles. The first-order valence-corrected chi connectivity index (χ1v) is 6.33. The normalized spacial score (nSPS) is 10.4. The summed E-state index contributed by atoms with van der Waals surface area (Å²) in [7, 11) is 0. The first-order chi connectivity index (χ1) is 8.60. The second-order valence-electron chi connectivity index (χ2n) is 3.96. The van der Waals surface area contributed by atoms with E-state index in [1.807, 2.05) is 26.0 Å². The number of nitrogens with one attached hydrogen (secondary N) is 1. The fraction of sp³-hybridized carbons (Fsp3) is 0.250. The molecule has 2 rings (SSSR count). The van der Waals surface area contributed by atoms with Gasteiger partial charge in [0.25, 0.3) is 5.91 Å². The quantitative estimate of drug-likeness (QED) is 0.884. The van der Waals surface area contributed by atoms with Crippen LogP contribution in [0.3, 0.4) is 0 Å². The van der Waals surface area contributed by atoms with E-state index >= 15 is 0 Å². The van der Waals surface area contributed by atoms with Crippen LogP contribution in [0, 0.1) is 13.8 Å². The summed E-state index contributed by atoms with van der Waals surface area (Å²) in [6.07, 6.45) is 0. The van der Waals surface area contributed by atoms with Gasteiger partial charge in [0.2, 0.25) is 5.13 Å². The second-order valence-corrected chi connectivity index (χ2v) is 5.02. The Balaban J connectivity index is 2.14. The number of hydrogen-bond acceptors (Lipinski definition) is 5. The molecular formula is C12H14N4OS. The Morgan fingerprint density at radius 3 is 2.72 bits per heavy atom. The van der Waals surface area contributed by atoms with Crippen LogP contribution in [0.15, 0.2) is 18.2 Å². The number of amides is 1. The predicted octanol–water partition coefficient (Wildman–Crippen LogP) is 1.87. The highest BCUT2D eigenvalue weighted by Crippen LogP contribution is 2.16. The van der Waals surface area contributed by atoms with E-state index in [9.17, 15) is 4.79 Å². The number of carbonyl (C=O) groups excluding carboxylic acids is 1. The van der Waals surface area contributed by atoms with Crippen LogP contribution in [0.25, 0.3) is 0 Å². The van der Waals surface area contributed by atoms with Gasteiger partial charge in [-0.25, -0.2) is 0 Å². The number of aryl methyl sites for hydroxylation is 2. The maximum Gasteiger partial charge on any atom is 0.257 e. The van der Waals surface area contributed by atoms with Crippen LogP contribution in [0.5, 0.6) is 0 Å². The lowest BCUT2D eigenvalue weighted by Gasteiger charge is -2.04. The third-order valence-corrected chi connectivity index (χ3v) is 3.49. The third-order valence-electron chi connectivity index (χ3n) is 2.63. The van der Waals surface area contributed by atoms with E-state index in [2.05, 4.69) is 15.5 Å². The van der Waals surface area contributed by atoms with Crippen molar-refractivity contribution in [2.45, 2.75) is 20.4 Å². The molecule has 1 amide bonds. The lowest BCUT2D eigenvalue weighted by molar-refractivity contribution is 0.102. The van der Waals surface area contributed by atoms with Crippen molar-refractivity contribution in [3.8, 4) is 0 Å². The molecule has 0 spiro atoms. The van der Waals surface area contributed by atoms with Crippen molar-refractivity contribution in [3.63, 3.8) is 0 Å². The van der Waals surface area contributed by atoms with Gasteiger partial charge in [0.05, 0.1) is 0 Å². The largest absolute Gasteiger partial charge is 0.324 e. The van der Waals surface area contributed by atoms with Gasteiger partial charge in [-0.3, -0.25) is 10.1 Å². The molecule has 94 valence electrons. The zero-order chi connectivity index (χ0) is 13.1. The smallest absolute Gasteiger partial charge is 0.257 e. The van der Waals surface area contributed by atoms with Crippen molar-refractivity contribution in [2.75, 3.05) is 5.32 Å². The molecule has 18 heavy (non-hydrogen) atoms. The third kappa shape index (κ3) is 2.72. The van der Waals surface area contributed by atoms with Crippen molar-refractivity contribution < 1.29 is 4.79 Å². The summed E-state index contributed by atoms with van der Waals surface area (Å²) in [6.45, 7) is 4.32. The molecule has 0 aliphatic carbocycles.